The van der Waals surface area contributed by atoms with E-state index in [9.17, 15) is 0 Å². The first kappa shape index (κ1) is 14.5. The summed E-state index contributed by atoms with van der Waals surface area (Å²) in [6.07, 6.45) is 2.82. The van der Waals surface area contributed by atoms with E-state index in [-0.39, 0.29) is 6.04 Å². The van der Waals surface area contributed by atoms with Gasteiger partial charge < -0.3 is 10.1 Å². The number of aromatic nitrogens is 1. The fourth-order valence-electron chi connectivity index (χ4n) is 2.32. The number of ether oxygens (including phenoxy) is 1. The number of methoxy groups -OCH3 is 1. The quantitative estimate of drug-likeness (QED) is 0.874. The van der Waals surface area contributed by atoms with Crippen molar-refractivity contribution >= 4 is 0 Å². The lowest BCUT2D eigenvalue weighted by molar-refractivity contribution is 0.414. The first-order valence-corrected chi connectivity index (χ1v) is 6.99. The van der Waals surface area contributed by atoms with Crippen LogP contribution >= 0.6 is 0 Å². The van der Waals surface area contributed by atoms with E-state index < -0.39 is 0 Å². The van der Waals surface area contributed by atoms with Crippen LogP contribution in [0.25, 0.3) is 0 Å². The Balaban J connectivity index is 1.90. The number of nitrogens with zero attached hydrogens (tertiary/aromatic N) is 1. The summed E-state index contributed by atoms with van der Waals surface area (Å²) in [6.45, 7) is 4.34. The maximum atomic E-state index is 5.17. The predicted octanol–water partition coefficient (Wildman–Crippen LogP) is 3.37. The molecule has 0 bridgehead atoms. The highest BCUT2D eigenvalue weighted by molar-refractivity contribution is 5.27. The van der Waals surface area contributed by atoms with Gasteiger partial charge in [0.05, 0.1) is 12.8 Å². The van der Waals surface area contributed by atoms with Gasteiger partial charge in [0.15, 0.2) is 0 Å². The van der Waals surface area contributed by atoms with Crippen LogP contribution in [-0.2, 0) is 6.42 Å². The number of hydrogen-bond donors (Lipinski definition) is 1. The lowest BCUT2D eigenvalue weighted by Gasteiger charge is -2.19. The van der Waals surface area contributed by atoms with E-state index in [4.69, 9.17) is 4.74 Å². The third-order valence-corrected chi connectivity index (χ3v) is 3.37. The Hall–Kier alpha value is -1.87. The van der Waals surface area contributed by atoms with Crippen molar-refractivity contribution in [1.29, 1.82) is 0 Å². The second-order valence-corrected chi connectivity index (χ2v) is 5.10. The molecular formula is C17H22N2O. The summed E-state index contributed by atoms with van der Waals surface area (Å²) >= 11 is 0. The molecule has 1 N–H and O–H groups in total. The SMILES string of the molecule is COc1ccc(CC(C)NC(C)c2ccccn2)cc1. The van der Waals surface area contributed by atoms with Crippen molar-refractivity contribution < 1.29 is 4.74 Å². The fourth-order valence-corrected chi connectivity index (χ4v) is 2.32. The summed E-state index contributed by atoms with van der Waals surface area (Å²) in [5, 5.41) is 3.58. The molecule has 0 saturated heterocycles. The number of pyridine rings is 1. The van der Waals surface area contributed by atoms with E-state index in [0.717, 1.165) is 17.9 Å². The molecule has 1 aromatic heterocycles. The van der Waals surface area contributed by atoms with E-state index in [0.29, 0.717) is 6.04 Å². The van der Waals surface area contributed by atoms with Crippen molar-refractivity contribution in [3.63, 3.8) is 0 Å². The molecule has 0 fully saturated rings. The van der Waals surface area contributed by atoms with Gasteiger partial charge in [0.2, 0.25) is 0 Å². The average Bonchev–Trinajstić information content (AvgIpc) is 2.49. The minimum Gasteiger partial charge on any atom is -0.497 e. The second-order valence-electron chi connectivity index (χ2n) is 5.10. The molecule has 20 heavy (non-hydrogen) atoms. The van der Waals surface area contributed by atoms with Crippen LogP contribution in [0.5, 0.6) is 5.75 Å². The maximum absolute atomic E-state index is 5.17. The minimum absolute atomic E-state index is 0.254. The number of hydrogen-bond acceptors (Lipinski definition) is 3. The Labute approximate surface area is 121 Å². The molecule has 3 nitrogen and oxygen atoms in total. The van der Waals surface area contributed by atoms with Gasteiger partial charge >= 0.3 is 0 Å². The summed E-state index contributed by atoms with van der Waals surface area (Å²) in [5.74, 6) is 0.899. The smallest absolute Gasteiger partial charge is 0.118 e. The van der Waals surface area contributed by atoms with E-state index in [1.807, 2.05) is 30.5 Å². The summed E-state index contributed by atoms with van der Waals surface area (Å²) in [4.78, 5) is 4.38. The van der Waals surface area contributed by atoms with Gasteiger partial charge in [-0.15, -0.1) is 0 Å². The monoisotopic (exact) mass is 270 g/mol. The normalized spacial score (nSPS) is 13.8. The van der Waals surface area contributed by atoms with Gasteiger partial charge in [-0.1, -0.05) is 18.2 Å². The molecule has 2 unspecified atom stereocenters. The highest BCUT2D eigenvalue weighted by atomic mass is 16.5. The second kappa shape index (κ2) is 7.06. The standard InChI is InChI=1S/C17H22N2O/c1-13(12-15-7-9-16(20-3)10-8-15)19-14(2)17-6-4-5-11-18-17/h4-11,13-14,19H,12H2,1-3H3. The van der Waals surface area contributed by atoms with E-state index in [1.54, 1.807) is 7.11 Å². The summed E-state index contributed by atoms with van der Waals surface area (Å²) in [6, 6.07) is 14.9. The molecular weight excluding hydrogens is 248 g/mol. The van der Waals surface area contributed by atoms with E-state index >= 15 is 0 Å². The van der Waals surface area contributed by atoms with Crippen molar-refractivity contribution in [3.05, 3.63) is 59.9 Å². The van der Waals surface area contributed by atoms with E-state index in [2.05, 4.69) is 42.3 Å². The Morgan fingerprint density at radius 2 is 1.85 bits per heavy atom. The zero-order chi connectivity index (χ0) is 14.4. The van der Waals surface area contributed by atoms with Crippen molar-refractivity contribution in [1.82, 2.24) is 10.3 Å². The fraction of sp³-hybridized carbons (Fsp3) is 0.353. The van der Waals surface area contributed by atoms with Crippen LogP contribution in [0.3, 0.4) is 0 Å². The van der Waals surface area contributed by atoms with Crippen molar-refractivity contribution in [2.45, 2.75) is 32.4 Å². The Morgan fingerprint density at radius 3 is 2.45 bits per heavy atom. The molecule has 0 saturated carbocycles. The van der Waals surface area contributed by atoms with Crippen LogP contribution in [-0.4, -0.2) is 18.1 Å². The summed E-state index contributed by atoms with van der Waals surface area (Å²) in [5.41, 5.74) is 2.38. The van der Waals surface area contributed by atoms with Gasteiger partial charge in [0.25, 0.3) is 0 Å². The molecule has 106 valence electrons. The van der Waals surface area contributed by atoms with Crippen LogP contribution in [0.4, 0.5) is 0 Å². The number of benzene rings is 1. The third kappa shape index (κ3) is 4.07. The van der Waals surface area contributed by atoms with E-state index in [1.165, 1.54) is 5.56 Å². The van der Waals surface area contributed by atoms with Crippen molar-refractivity contribution in [3.8, 4) is 5.75 Å². The van der Waals surface area contributed by atoms with Gasteiger partial charge in [-0.2, -0.15) is 0 Å². The van der Waals surface area contributed by atoms with Crippen LogP contribution in [0.15, 0.2) is 48.7 Å². The number of nitrogens with one attached hydrogen (secondary N) is 1. The highest BCUT2D eigenvalue weighted by Gasteiger charge is 2.10. The summed E-state index contributed by atoms with van der Waals surface area (Å²) in [7, 11) is 1.69. The highest BCUT2D eigenvalue weighted by Crippen LogP contribution is 2.14. The Morgan fingerprint density at radius 1 is 1.10 bits per heavy atom. The Kier molecular flexibility index (Phi) is 5.13. The Bertz CT molecular complexity index is 510. The molecule has 1 heterocycles. The molecule has 0 spiro atoms. The maximum Gasteiger partial charge on any atom is 0.118 e. The van der Waals surface area contributed by atoms with Crippen LogP contribution < -0.4 is 10.1 Å². The van der Waals surface area contributed by atoms with Gasteiger partial charge in [-0.05, 0) is 50.1 Å². The van der Waals surface area contributed by atoms with Crippen LogP contribution in [0.2, 0.25) is 0 Å². The molecule has 1 aromatic carbocycles. The minimum atomic E-state index is 0.254. The third-order valence-electron chi connectivity index (χ3n) is 3.37. The molecule has 2 atom stereocenters. The largest absolute Gasteiger partial charge is 0.497 e. The van der Waals surface area contributed by atoms with Crippen molar-refractivity contribution in [2.75, 3.05) is 7.11 Å². The molecule has 2 rings (SSSR count). The first-order valence-electron chi connectivity index (χ1n) is 6.99. The molecule has 3 heteroatoms. The van der Waals surface area contributed by atoms with Gasteiger partial charge in [-0.25, -0.2) is 0 Å². The summed E-state index contributed by atoms with van der Waals surface area (Å²) < 4.78 is 5.17. The molecule has 0 radical (unpaired) electrons. The topological polar surface area (TPSA) is 34.1 Å². The van der Waals surface area contributed by atoms with Gasteiger partial charge in [0, 0.05) is 18.3 Å². The average molecular weight is 270 g/mol. The molecule has 0 aliphatic rings. The molecule has 2 aromatic rings. The lowest BCUT2D eigenvalue weighted by Crippen LogP contribution is -2.31. The predicted molar refractivity (Wildman–Crippen MR) is 81.9 cm³/mol. The van der Waals surface area contributed by atoms with Gasteiger partial charge in [-0.3, -0.25) is 4.98 Å². The lowest BCUT2D eigenvalue weighted by atomic mass is 10.1. The molecule has 0 aliphatic heterocycles. The molecule has 0 amide bonds. The van der Waals surface area contributed by atoms with Crippen molar-refractivity contribution in [2.24, 2.45) is 0 Å². The number of rotatable bonds is 6. The zero-order valence-corrected chi connectivity index (χ0v) is 12.3. The van der Waals surface area contributed by atoms with Crippen LogP contribution in [0.1, 0.15) is 31.1 Å². The first-order chi connectivity index (χ1) is 9.69. The zero-order valence-electron chi connectivity index (χ0n) is 12.3. The molecule has 0 aliphatic carbocycles. The van der Waals surface area contributed by atoms with Crippen LogP contribution in [0, 0.1) is 0 Å². The van der Waals surface area contributed by atoms with Gasteiger partial charge in [0.1, 0.15) is 5.75 Å².